The van der Waals surface area contributed by atoms with Crippen molar-refractivity contribution in [2.24, 2.45) is 0 Å². The fourth-order valence-electron chi connectivity index (χ4n) is 1.23. The second-order valence-corrected chi connectivity index (χ2v) is 3.12. The monoisotopic (exact) mass is 264 g/mol. The molecule has 1 unspecified atom stereocenters. The van der Waals surface area contributed by atoms with E-state index in [1.165, 1.54) is 0 Å². The number of carbonyl (C=O) groups excluding carboxylic acids is 1. The highest BCUT2D eigenvalue weighted by molar-refractivity contribution is 5.81. The summed E-state index contributed by atoms with van der Waals surface area (Å²) < 4.78 is 41.5. The van der Waals surface area contributed by atoms with Gasteiger partial charge in [0.05, 0.1) is 5.56 Å². The molecule has 1 aromatic rings. The summed E-state index contributed by atoms with van der Waals surface area (Å²) in [4.78, 5) is 21.0. The van der Waals surface area contributed by atoms with Gasteiger partial charge in [-0.05, 0) is 6.07 Å². The third kappa shape index (κ3) is 2.77. The number of aliphatic carboxylic acids is 1. The number of hydrogen-bond donors (Lipinski definition) is 2. The number of carboxylic acid groups (broad SMARTS) is 1. The Bertz CT molecular complexity index is 475. The fraction of sp³-hybridized carbons (Fsp3) is 0.200. The van der Waals surface area contributed by atoms with Gasteiger partial charge in [0.1, 0.15) is 0 Å². The summed E-state index contributed by atoms with van der Waals surface area (Å²) in [5.74, 6) is -4.39. The maximum atomic E-state index is 13.7. The number of rotatable bonds is 5. The van der Waals surface area contributed by atoms with Crippen LogP contribution in [-0.4, -0.2) is 29.1 Å². The first-order valence-electron chi connectivity index (χ1n) is 4.51. The lowest BCUT2D eigenvalue weighted by atomic mass is 10.1. The SMILES string of the molecule is O=Cc1ccc(C(O)C(=O)O)c(F)c1OC(F)F. The van der Waals surface area contributed by atoms with Crippen molar-refractivity contribution >= 4 is 12.3 Å². The zero-order valence-corrected chi connectivity index (χ0v) is 8.64. The second-order valence-electron chi connectivity index (χ2n) is 3.12. The number of hydrogen-bond acceptors (Lipinski definition) is 4. The summed E-state index contributed by atoms with van der Waals surface area (Å²) in [5, 5.41) is 17.6. The molecule has 0 saturated heterocycles. The molecular weight excluding hydrogens is 257 g/mol. The van der Waals surface area contributed by atoms with Crippen LogP contribution in [0.15, 0.2) is 12.1 Å². The third-order valence-corrected chi connectivity index (χ3v) is 2.02. The Morgan fingerprint density at radius 2 is 2.00 bits per heavy atom. The Balaban J connectivity index is 3.33. The van der Waals surface area contributed by atoms with E-state index in [-0.39, 0.29) is 6.29 Å². The Labute approximate surface area is 98.4 Å². The van der Waals surface area contributed by atoms with Crippen molar-refractivity contribution in [3.63, 3.8) is 0 Å². The number of alkyl halides is 2. The lowest BCUT2D eigenvalue weighted by molar-refractivity contribution is -0.147. The van der Waals surface area contributed by atoms with Gasteiger partial charge in [0, 0.05) is 5.56 Å². The Kier molecular flexibility index (Phi) is 4.27. The highest BCUT2D eigenvalue weighted by atomic mass is 19.3. The molecule has 18 heavy (non-hydrogen) atoms. The predicted octanol–water partition coefficient (Wildman–Crippen LogP) is 1.36. The van der Waals surface area contributed by atoms with Crippen LogP contribution in [0.1, 0.15) is 22.0 Å². The summed E-state index contributed by atoms with van der Waals surface area (Å²) in [7, 11) is 0. The van der Waals surface area contributed by atoms with Gasteiger partial charge in [-0.15, -0.1) is 0 Å². The molecule has 0 radical (unpaired) electrons. The molecule has 0 saturated carbocycles. The van der Waals surface area contributed by atoms with E-state index in [9.17, 15) is 22.8 Å². The van der Waals surface area contributed by atoms with Crippen LogP contribution in [0.5, 0.6) is 5.75 Å². The molecule has 0 amide bonds. The van der Waals surface area contributed by atoms with Gasteiger partial charge in [0.15, 0.2) is 24.0 Å². The molecule has 0 bridgehead atoms. The Morgan fingerprint density at radius 1 is 1.39 bits per heavy atom. The van der Waals surface area contributed by atoms with E-state index in [4.69, 9.17) is 10.2 Å². The predicted molar refractivity (Wildman–Crippen MR) is 51.0 cm³/mol. The number of aliphatic hydroxyl groups is 1. The van der Waals surface area contributed by atoms with Crippen LogP contribution >= 0.6 is 0 Å². The summed E-state index contributed by atoms with van der Waals surface area (Å²) in [6.07, 6.45) is -2.18. The lowest BCUT2D eigenvalue weighted by Crippen LogP contribution is -2.14. The highest BCUT2D eigenvalue weighted by Crippen LogP contribution is 2.29. The lowest BCUT2D eigenvalue weighted by Gasteiger charge is -2.13. The Morgan fingerprint density at radius 3 is 2.44 bits per heavy atom. The van der Waals surface area contributed by atoms with Gasteiger partial charge in [0.25, 0.3) is 0 Å². The summed E-state index contributed by atoms with van der Waals surface area (Å²) in [6.45, 7) is -3.39. The Hall–Kier alpha value is -2.09. The minimum absolute atomic E-state index is 0.0672. The number of carboxylic acids is 1. The topological polar surface area (TPSA) is 83.8 Å². The number of ether oxygens (including phenoxy) is 1. The molecule has 2 N–H and O–H groups in total. The summed E-state index contributed by atoms with van der Waals surface area (Å²) in [6, 6.07) is 1.67. The molecule has 1 rings (SSSR count). The van der Waals surface area contributed by atoms with E-state index in [1.54, 1.807) is 0 Å². The third-order valence-electron chi connectivity index (χ3n) is 2.02. The van der Waals surface area contributed by atoms with Gasteiger partial charge in [-0.1, -0.05) is 6.07 Å². The smallest absolute Gasteiger partial charge is 0.387 e. The number of halogens is 3. The first-order valence-corrected chi connectivity index (χ1v) is 4.51. The van der Waals surface area contributed by atoms with Crippen LogP contribution < -0.4 is 4.74 Å². The van der Waals surface area contributed by atoms with Crippen LogP contribution in [-0.2, 0) is 4.79 Å². The average molecular weight is 264 g/mol. The van der Waals surface area contributed by atoms with Crippen LogP contribution in [0.3, 0.4) is 0 Å². The van der Waals surface area contributed by atoms with Gasteiger partial charge in [-0.25, -0.2) is 9.18 Å². The summed E-state index contributed by atoms with van der Waals surface area (Å²) in [5.41, 5.74) is -1.29. The first kappa shape index (κ1) is 14.0. The number of aliphatic hydroxyl groups excluding tert-OH is 1. The van der Waals surface area contributed by atoms with E-state index < -0.39 is 41.4 Å². The van der Waals surface area contributed by atoms with Gasteiger partial charge in [-0.3, -0.25) is 4.79 Å². The fourth-order valence-corrected chi connectivity index (χ4v) is 1.23. The average Bonchev–Trinajstić information content (AvgIpc) is 2.30. The van der Waals surface area contributed by atoms with Crippen molar-refractivity contribution in [3.05, 3.63) is 29.1 Å². The zero-order chi connectivity index (χ0) is 13.9. The molecule has 0 aromatic heterocycles. The van der Waals surface area contributed by atoms with Crippen LogP contribution in [0.4, 0.5) is 13.2 Å². The standard InChI is InChI=1S/C10H7F3O5/c11-6-5(7(15)9(16)17)2-1-4(3-14)8(6)18-10(12)13/h1-3,7,10,15H,(H,16,17). The highest BCUT2D eigenvalue weighted by Gasteiger charge is 2.25. The maximum Gasteiger partial charge on any atom is 0.387 e. The van der Waals surface area contributed by atoms with Crippen LogP contribution in [0, 0.1) is 5.82 Å². The molecular formula is C10H7F3O5. The minimum atomic E-state index is -3.39. The first-order chi connectivity index (χ1) is 8.38. The molecule has 0 aliphatic rings. The zero-order valence-electron chi connectivity index (χ0n) is 8.64. The van der Waals surface area contributed by atoms with Gasteiger partial charge in [0.2, 0.25) is 0 Å². The second kappa shape index (κ2) is 5.50. The van der Waals surface area contributed by atoms with E-state index in [1.807, 2.05) is 0 Å². The van der Waals surface area contributed by atoms with Crippen LogP contribution in [0.25, 0.3) is 0 Å². The molecule has 1 aromatic carbocycles. The molecule has 0 spiro atoms. The van der Waals surface area contributed by atoms with Gasteiger partial charge >= 0.3 is 12.6 Å². The van der Waals surface area contributed by atoms with Crippen molar-refractivity contribution in [2.45, 2.75) is 12.7 Å². The van der Waals surface area contributed by atoms with Crippen molar-refractivity contribution < 1.29 is 37.7 Å². The van der Waals surface area contributed by atoms with E-state index >= 15 is 0 Å². The van der Waals surface area contributed by atoms with E-state index in [0.29, 0.717) is 0 Å². The van der Waals surface area contributed by atoms with Gasteiger partial charge < -0.3 is 14.9 Å². The number of aldehydes is 1. The minimum Gasteiger partial charge on any atom is -0.479 e. The molecule has 0 aliphatic heterocycles. The normalized spacial score (nSPS) is 12.3. The van der Waals surface area contributed by atoms with Crippen LogP contribution in [0.2, 0.25) is 0 Å². The molecule has 1 atom stereocenters. The van der Waals surface area contributed by atoms with E-state index in [2.05, 4.69) is 4.74 Å². The molecule has 0 aliphatic carbocycles. The van der Waals surface area contributed by atoms with Crippen molar-refractivity contribution in [1.82, 2.24) is 0 Å². The molecule has 0 heterocycles. The van der Waals surface area contributed by atoms with Crippen molar-refractivity contribution in [3.8, 4) is 5.75 Å². The van der Waals surface area contributed by atoms with Crippen molar-refractivity contribution in [1.29, 1.82) is 0 Å². The molecule has 5 nitrogen and oxygen atoms in total. The summed E-state index contributed by atoms with van der Waals surface area (Å²) >= 11 is 0. The maximum absolute atomic E-state index is 13.7. The van der Waals surface area contributed by atoms with E-state index in [0.717, 1.165) is 12.1 Å². The van der Waals surface area contributed by atoms with Gasteiger partial charge in [-0.2, -0.15) is 8.78 Å². The molecule has 8 heteroatoms. The molecule has 98 valence electrons. The quantitative estimate of drug-likeness (QED) is 0.784. The number of carbonyl (C=O) groups is 2. The number of benzene rings is 1. The van der Waals surface area contributed by atoms with Crippen molar-refractivity contribution in [2.75, 3.05) is 0 Å². The molecule has 0 fully saturated rings. The largest absolute Gasteiger partial charge is 0.479 e.